The molecule has 0 radical (unpaired) electrons. The van der Waals surface area contributed by atoms with Gasteiger partial charge in [-0.15, -0.1) is 11.3 Å². The van der Waals surface area contributed by atoms with Gasteiger partial charge in [0.25, 0.3) is 0 Å². The number of hydrogen-bond donors (Lipinski definition) is 0. The average Bonchev–Trinajstić information content (AvgIpc) is 2.69. The summed E-state index contributed by atoms with van der Waals surface area (Å²) in [6.45, 7) is 7.57. The fraction of sp³-hybridized carbons (Fsp3) is 0.364. The van der Waals surface area contributed by atoms with E-state index in [9.17, 15) is 4.79 Å². The van der Waals surface area contributed by atoms with Crippen LogP contribution in [0.3, 0.4) is 0 Å². The molecule has 0 N–H and O–H groups in total. The molecule has 1 atom stereocenters. The molecule has 0 spiro atoms. The van der Waals surface area contributed by atoms with Crippen molar-refractivity contribution in [3.05, 3.63) is 29.0 Å². The van der Waals surface area contributed by atoms with Crippen molar-refractivity contribution in [1.82, 2.24) is 0 Å². The van der Waals surface area contributed by atoms with Crippen LogP contribution in [0.2, 0.25) is 0 Å². The predicted molar refractivity (Wildman–Crippen MR) is 59.2 cm³/mol. The SMILES string of the molecule is C=C(C(=O)OC(C)CC)c1cccs1. The Bertz CT molecular complexity index is 314. The summed E-state index contributed by atoms with van der Waals surface area (Å²) >= 11 is 1.49. The molecule has 3 heteroatoms. The first-order valence-electron chi connectivity index (χ1n) is 4.59. The number of carbonyl (C=O) groups is 1. The highest BCUT2D eigenvalue weighted by Crippen LogP contribution is 2.20. The molecule has 0 aliphatic carbocycles. The van der Waals surface area contributed by atoms with E-state index in [1.165, 1.54) is 11.3 Å². The summed E-state index contributed by atoms with van der Waals surface area (Å²) in [5, 5.41) is 1.91. The standard InChI is InChI=1S/C11H14O2S/c1-4-8(2)13-11(12)9(3)10-6-5-7-14-10/h5-8H,3-4H2,1-2H3. The van der Waals surface area contributed by atoms with E-state index in [0.717, 1.165) is 11.3 Å². The minimum absolute atomic E-state index is 0.0424. The lowest BCUT2D eigenvalue weighted by Crippen LogP contribution is -2.14. The second-order valence-corrected chi connectivity index (χ2v) is 4.03. The van der Waals surface area contributed by atoms with Crippen molar-refractivity contribution in [2.75, 3.05) is 0 Å². The zero-order valence-electron chi connectivity index (χ0n) is 8.45. The van der Waals surface area contributed by atoms with Crippen LogP contribution in [-0.2, 0) is 9.53 Å². The van der Waals surface area contributed by atoms with Crippen molar-refractivity contribution in [2.45, 2.75) is 26.4 Å². The lowest BCUT2D eigenvalue weighted by Gasteiger charge is -2.11. The third-order valence-electron chi connectivity index (χ3n) is 1.95. The van der Waals surface area contributed by atoms with Crippen LogP contribution < -0.4 is 0 Å². The van der Waals surface area contributed by atoms with Crippen molar-refractivity contribution in [1.29, 1.82) is 0 Å². The Morgan fingerprint density at radius 3 is 2.93 bits per heavy atom. The summed E-state index contributed by atoms with van der Waals surface area (Å²) in [5.74, 6) is -0.318. The summed E-state index contributed by atoms with van der Waals surface area (Å²) in [5.41, 5.74) is 0.445. The largest absolute Gasteiger partial charge is 0.459 e. The van der Waals surface area contributed by atoms with Gasteiger partial charge >= 0.3 is 5.97 Å². The van der Waals surface area contributed by atoms with E-state index in [4.69, 9.17) is 4.74 Å². The van der Waals surface area contributed by atoms with Gasteiger partial charge in [0.15, 0.2) is 0 Å². The minimum atomic E-state index is -0.318. The molecule has 0 amide bonds. The van der Waals surface area contributed by atoms with E-state index < -0.39 is 0 Å². The summed E-state index contributed by atoms with van der Waals surface area (Å²) in [4.78, 5) is 12.4. The van der Waals surface area contributed by atoms with Crippen LogP contribution in [0.25, 0.3) is 5.57 Å². The first-order valence-corrected chi connectivity index (χ1v) is 5.47. The molecule has 1 unspecified atom stereocenters. The van der Waals surface area contributed by atoms with E-state index in [-0.39, 0.29) is 12.1 Å². The first-order chi connectivity index (χ1) is 6.65. The lowest BCUT2D eigenvalue weighted by atomic mass is 10.2. The van der Waals surface area contributed by atoms with Gasteiger partial charge in [-0.2, -0.15) is 0 Å². The number of rotatable bonds is 4. The molecule has 14 heavy (non-hydrogen) atoms. The number of esters is 1. The van der Waals surface area contributed by atoms with Gasteiger partial charge in [0, 0.05) is 4.88 Å². The Balaban J connectivity index is 2.58. The zero-order valence-corrected chi connectivity index (χ0v) is 9.26. The smallest absolute Gasteiger partial charge is 0.339 e. The van der Waals surface area contributed by atoms with Gasteiger partial charge in [-0.05, 0) is 24.8 Å². The summed E-state index contributed by atoms with van der Waals surface area (Å²) in [7, 11) is 0. The maximum absolute atomic E-state index is 11.5. The van der Waals surface area contributed by atoms with Gasteiger partial charge in [0.1, 0.15) is 0 Å². The van der Waals surface area contributed by atoms with E-state index in [0.29, 0.717) is 5.57 Å². The monoisotopic (exact) mass is 210 g/mol. The number of carbonyl (C=O) groups excluding carboxylic acids is 1. The van der Waals surface area contributed by atoms with Crippen LogP contribution in [0, 0.1) is 0 Å². The molecule has 0 saturated heterocycles. The second kappa shape index (κ2) is 4.96. The summed E-state index contributed by atoms with van der Waals surface area (Å²) < 4.78 is 5.15. The van der Waals surface area contributed by atoms with Crippen LogP contribution in [0.1, 0.15) is 25.1 Å². The van der Waals surface area contributed by atoms with E-state index >= 15 is 0 Å². The molecule has 0 aliphatic rings. The minimum Gasteiger partial charge on any atom is -0.459 e. The molecule has 76 valence electrons. The van der Waals surface area contributed by atoms with Gasteiger partial charge in [0.05, 0.1) is 11.7 Å². The van der Waals surface area contributed by atoms with Crippen molar-refractivity contribution in [3.63, 3.8) is 0 Å². The normalized spacial score (nSPS) is 12.1. The highest BCUT2D eigenvalue weighted by Gasteiger charge is 2.13. The summed E-state index contributed by atoms with van der Waals surface area (Å²) in [6.07, 6.45) is 0.780. The molecular formula is C11H14O2S. The highest BCUT2D eigenvalue weighted by atomic mass is 32.1. The molecule has 0 fully saturated rings. The topological polar surface area (TPSA) is 26.3 Å². The molecule has 1 heterocycles. The maximum atomic E-state index is 11.5. The Kier molecular flexibility index (Phi) is 3.89. The van der Waals surface area contributed by atoms with Crippen LogP contribution in [-0.4, -0.2) is 12.1 Å². The molecular weight excluding hydrogens is 196 g/mol. The zero-order chi connectivity index (χ0) is 10.6. The quantitative estimate of drug-likeness (QED) is 0.564. The molecule has 1 aromatic rings. The van der Waals surface area contributed by atoms with Crippen LogP contribution in [0.15, 0.2) is 24.1 Å². The van der Waals surface area contributed by atoms with Crippen LogP contribution >= 0.6 is 11.3 Å². The summed E-state index contributed by atoms with van der Waals surface area (Å²) in [6, 6.07) is 3.76. The Hall–Kier alpha value is -1.09. The van der Waals surface area contributed by atoms with Crippen molar-refractivity contribution in [2.24, 2.45) is 0 Å². The van der Waals surface area contributed by atoms with Crippen molar-refractivity contribution < 1.29 is 9.53 Å². The maximum Gasteiger partial charge on any atom is 0.339 e. The Labute approximate surface area is 88.2 Å². The fourth-order valence-corrected chi connectivity index (χ4v) is 1.57. The molecule has 2 nitrogen and oxygen atoms in total. The van der Waals surface area contributed by atoms with Crippen molar-refractivity contribution in [3.8, 4) is 0 Å². The molecule has 0 saturated carbocycles. The highest BCUT2D eigenvalue weighted by molar-refractivity contribution is 7.11. The van der Waals surface area contributed by atoms with Gasteiger partial charge in [-0.25, -0.2) is 4.79 Å². The fourth-order valence-electron chi connectivity index (χ4n) is 0.888. The van der Waals surface area contributed by atoms with Gasteiger partial charge in [0.2, 0.25) is 0 Å². The van der Waals surface area contributed by atoms with E-state index in [2.05, 4.69) is 6.58 Å². The molecule has 1 rings (SSSR count). The van der Waals surface area contributed by atoms with Gasteiger partial charge in [-0.3, -0.25) is 0 Å². The van der Waals surface area contributed by atoms with Gasteiger partial charge in [-0.1, -0.05) is 19.6 Å². The van der Waals surface area contributed by atoms with Crippen molar-refractivity contribution >= 4 is 22.9 Å². The molecule has 0 bridgehead atoms. The number of ether oxygens (including phenoxy) is 1. The Morgan fingerprint density at radius 2 is 2.43 bits per heavy atom. The Morgan fingerprint density at radius 1 is 1.71 bits per heavy atom. The molecule has 0 aromatic carbocycles. The van der Waals surface area contributed by atoms with Gasteiger partial charge < -0.3 is 4.74 Å². The van der Waals surface area contributed by atoms with Crippen LogP contribution in [0.5, 0.6) is 0 Å². The molecule has 1 aromatic heterocycles. The third kappa shape index (κ3) is 2.70. The van der Waals surface area contributed by atoms with Crippen LogP contribution in [0.4, 0.5) is 0 Å². The number of thiophene rings is 1. The lowest BCUT2D eigenvalue weighted by molar-refractivity contribution is -0.141. The first kappa shape index (κ1) is 11.0. The number of hydrogen-bond acceptors (Lipinski definition) is 3. The second-order valence-electron chi connectivity index (χ2n) is 3.08. The van der Waals surface area contributed by atoms with E-state index in [1.807, 2.05) is 31.4 Å². The third-order valence-corrected chi connectivity index (χ3v) is 2.88. The average molecular weight is 210 g/mol. The van der Waals surface area contributed by atoms with E-state index in [1.54, 1.807) is 0 Å². The predicted octanol–water partition coefficient (Wildman–Crippen LogP) is 3.10. The molecule has 0 aliphatic heterocycles.